The number of aryl methyl sites for hydroxylation is 2. The van der Waals surface area contributed by atoms with E-state index >= 15 is 0 Å². The van der Waals surface area contributed by atoms with Crippen LogP contribution in [0.2, 0.25) is 0 Å². The van der Waals surface area contributed by atoms with Gasteiger partial charge in [0, 0.05) is 0 Å². The van der Waals surface area contributed by atoms with Crippen LogP contribution in [0.25, 0.3) is 0 Å². The van der Waals surface area contributed by atoms with Gasteiger partial charge in [0.25, 0.3) is 0 Å². The van der Waals surface area contributed by atoms with Crippen LogP contribution in [0.15, 0.2) is 69.2 Å². The molecule has 0 spiro atoms. The summed E-state index contributed by atoms with van der Waals surface area (Å²) in [7, 11) is 0. The molecule has 2 aromatic carbocycles. The fraction of sp³-hybridized carbons (Fsp3) is 0.333. The number of nitrogens with zero attached hydrogens (tertiary/aromatic N) is 6. The van der Waals surface area contributed by atoms with Crippen molar-refractivity contribution in [3.8, 4) is 0 Å². The molecule has 1 saturated heterocycles. The van der Waals surface area contributed by atoms with E-state index in [0.717, 1.165) is 37.6 Å². The third kappa shape index (κ3) is 4.62. The van der Waals surface area contributed by atoms with Gasteiger partial charge in [-0.1, -0.05) is 45.8 Å². The van der Waals surface area contributed by atoms with Crippen LogP contribution < -0.4 is 0 Å². The van der Waals surface area contributed by atoms with Crippen LogP contribution in [-0.4, -0.2) is 36.2 Å². The molecule has 1 aliphatic rings. The summed E-state index contributed by atoms with van der Waals surface area (Å²) in [4.78, 5) is 0. The lowest BCUT2D eigenvalue weighted by atomic mass is 10.2. The van der Waals surface area contributed by atoms with Gasteiger partial charge in [0.05, 0.1) is 37.6 Å². The molecular weight excluding hydrogens is 300 g/mol. The molecule has 1 aliphatic heterocycles. The van der Waals surface area contributed by atoms with Crippen molar-refractivity contribution < 1.29 is 0 Å². The molecule has 0 radical (unpaired) electrons. The zero-order chi connectivity index (χ0) is 16.8. The van der Waals surface area contributed by atoms with E-state index in [4.69, 9.17) is 0 Å². The third-order valence-corrected chi connectivity index (χ3v) is 3.87. The summed E-state index contributed by atoms with van der Waals surface area (Å²) in [5.41, 5.74) is 4.20. The van der Waals surface area contributed by atoms with Crippen molar-refractivity contribution in [2.75, 3.05) is 26.2 Å². The first-order chi connectivity index (χ1) is 11.7. The van der Waals surface area contributed by atoms with Crippen molar-refractivity contribution in [2.24, 2.45) is 20.7 Å². The second-order valence-electron chi connectivity index (χ2n) is 5.96. The number of piperazine rings is 1. The van der Waals surface area contributed by atoms with E-state index in [1.54, 1.807) is 0 Å². The minimum absolute atomic E-state index is 0.794. The fourth-order valence-electron chi connectivity index (χ4n) is 2.32. The Hall–Kier alpha value is -2.76. The van der Waals surface area contributed by atoms with Gasteiger partial charge in [0.15, 0.2) is 0 Å². The number of rotatable bonds is 4. The molecule has 0 aliphatic carbocycles. The highest BCUT2D eigenvalue weighted by Gasteiger charge is 2.14. The Morgan fingerprint density at radius 2 is 0.917 bits per heavy atom. The molecular formula is C18H22N6. The quantitative estimate of drug-likeness (QED) is 0.771. The van der Waals surface area contributed by atoms with Crippen LogP contribution in [0.1, 0.15) is 11.1 Å². The van der Waals surface area contributed by atoms with Crippen LogP contribution >= 0.6 is 0 Å². The lowest BCUT2D eigenvalue weighted by Gasteiger charge is -2.29. The zero-order valence-corrected chi connectivity index (χ0v) is 14.1. The zero-order valence-electron chi connectivity index (χ0n) is 14.1. The highest BCUT2D eigenvalue weighted by Crippen LogP contribution is 2.16. The summed E-state index contributed by atoms with van der Waals surface area (Å²) in [6.45, 7) is 7.30. The van der Waals surface area contributed by atoms with E-state index in [9.17, 15) is 0 Å². The van der Waals surface area contributed by atoms with Crippen molar-refractivity contribution in [1.29, 1.82) is 0 Å². The molecule has 1 fully saturated rings. The highest BCUT2D eigenvalue weighted by molar-refractivity contribution is 5.38. The van der Waals surface area contributed by atoms with Gasteiger partial charge >= 0.3 is 0 Å². The minimum atomic E-state index is 0.794. The maximum atomic E-state index is 4.30. The lowest BCUT2D eigenvalue weighted by molar-refractivity contribution is 0.126. The van der Waals surface area contributed by atoms with E-state index in [0.29, 0.717) is 0 Å². The summed E-state index contributed by atoms with van der Waals surface area (Å²) in [5.74, 6) is 0. The molecule has 1 heterocycles. The van der Waals surface area contributed by atoms with E-state index in [-0.39, 0.29) is 0 Å². The molecule has 24 heavy (non-hydrogen) atoms. The van der Waals surface area contributed by atoms with Crippen molar-refractivity contribution in [2.45, 2.75) is 13.8 Å². The molecule has 124 valence electrons. The molecule has 0 N–H and O–H groups in total. The molecule has 2 aromatic rings. The first-order valence-electron chi connectivity index (χ1n) is 8.15. The van der Waals surface area contributed by atoms with Crippen LogP contribution in [0.5, 0.6) is 0 Å². The summed E-state index contributed by atoms with van der Waals surface area (Å²) >= 11 is 0. The smallest absolute Gasteiger partial charge is 0.0874 e. The maximum Gasteiger partial charge on any atom is 0.0874 e. The number of hydrogen-bond acceptors (Lipinski definition) is 4. The van der Waals surface area contributed by atoms with Crippen molar-refractivity contribution in [3.63, 3.8) is 0 Å². The van der Waals surface area contributed by atoms with E-state index in [1.165, 1.54) is 11.1 Å². The van der Waals surface area contributed by atoms with Crippen molar-refractivity contribution in [3.05, 3.63) is 59.7 Å². The van der Waals surface area contributed by atoms with Gasteiger partial charge in [-0.25, -0.2) is 0 Å². The molecule has 0 bridgehead atoms. The minimum Gasteiger partial charge on any atom is -0.275 e. The maximum absolute atomic E-state index is 4.30. The molecule has 6 nitrogen and oxygen atoms in total. The second-order valence-corrected chi connectivity index (χ2v) is 5.96. The third-order valence-electron chi connectivity index (χ3n) is 3.87. The molecule has 0 saturated carbocycles. The highest BCUT2D eigenvalue weighted by atomic mass is 15.6. The first-order valence-corrected chi connectivity index (χ1v) is 8.15. The van der Waals surface area contributed by atoms with Gasteiger partial charge in [-0.15, -0.1) is 10.2 Å². The summed E-state index contributed by atoms with van der Waals surface area (Å²) in [6, 6.07) is 16.1. The van der Waals surface area contributed by atoms with Gasteiger partial charge in [-0.05, 0) is 38.1 Å². The molecule has 0 aromatic heterocycles. The Kier molecular flexibility index (Phi) is 5.15. The molecule has 3 rings (SSSR count). The summed E-state index contributed by atoms with van der Waals surface area (Å²) < 4.78 is 0. The van der Waals surface area contributed by atoms with E-state index < -0.39 is 0 Å². The molecule has 6 heteroatoms. The van der Waals surface area contributed by atoms with Crippen LogP contribution in [-0.2, 0) is 0 Å². The predicted octanol–water partition coefficient (Wildman–Crippen LogP) is 4.62. The monoisotopic (exact) mass is 322 g/mol. The Balaban J connectivity index is 1.48. The van der Waals surface area contributed by atoms with Crippen LogP contribution in [0.4, 0.5) is 11.4 Å². The topological polar surface area (TPSA) is 55.9 Å². The second kappa shape index (κ2) is 7.68. The lowest BCUT2D eigenvalue weighted by Crippen LogP contribution is -2.40. The van der Waals surface area contributed by atoms with E-state index in [2.05, 4.69) is 34.5 Å². The van der Waals surface area contributed by atoms with Gasteiger partial charge in [-0.3, -0.25) is 10.0 Å². The number of hydrogen-bond donors (Lipinski definition) is 0. The SMILES string of the molecule is Cc1ccc(N=NN2CCN(N=Nc3ccc(C)cc3)CC2)cc1. The predicted molar refractivity (Wildman–Crippen MR) is 94.5 cm³/mol. The Morgan fingerprint density at radius 1 is 0.583 bits per heavy atom. The molecule has 0 atom stereocenters. The van der Waals surface area contributed by atoms with E-state index in [1.807, 2.05) is 58.5 Å². The average Bonchev–Trinajstić information content (AvgIpc) is 2.62. The van der Waals surface area contributed by atoms with Gasteiger partial charge in [-0.2, -0.15) is 0 Å². The first kappa shape index (κ1) is 16.1. The van der Waals surface area contributed by atoms with Crippen LogP contribution in [0.3, 0.4) is 0 Å². The Labute approximate surface area is 142 Å². The Morgan fingerprint density at radius 3 is 1.25 bits per heavy atom. The summed E-state index contributed by atoms with van der Waals surface area (Å²) in [5, 5.41) is 21.1. The fourth-order valence-corrected chi connectivity index (χ4v) is 2.32. The van der Waals surface area contributed by atoms with Crippen molar-refractivity contribution >= 4 is 11.4 Å². The average molecular weight is 322 g/mol. The summed E-state index contributed by atoms with van der Waals surface area (Å²) in [6.07, 6.45) is 0. The normalized spacial score (nSPS) is 15.6. The largest absolute Gasteiger partial charge is 0.275 e. The van der Waals surface area contributed by atoms with Crippen molar-refractivity contribution in [1.82, 2.24) is 10.0 Å². The Bertz CT molecular complexity index is 634. The molecule has 0 unspecified atom stereocenters. The van der Waals surface area contributed by atoms with Gasteiger partial charge in [0.2, 0.25) is 0 Å². The standard InChI is InChI=1S/C18H22N6/c1-15-3-7-17(8-4-15)19-21-23-11-13-24(14-12-23)22-20-18-9-5-16(2)6-10-18/h3-10H,11-14H2,1-2H3. The molecule has 0 amide bonds. The van der Waals surface area contributed by atoms with Crippen LogP contribution in [0, 0.1) is 13.8 Å². The van der Waals surface area contributed by atoms with Gasteiger partial charge in [0.1, 0.15) is 0 Å². The van der Waals surface area contributed by atoms with Gasteiger partial charge < -0.3 is 0 Å². The number of benzene rings is 2.